The standard InChI is InChI=1S/C32H29BrN4O3/c1-4-20(2)31-36-28-15-14-23(33)17-25(28)32(39)37(31)34-18-26-24-11-7-6-10-22(24)13-16-29(26)40-19-30(38)35-27-12-8-5-9-21(27)3/h5-18,20H,4,19H2,1-3H3,(H,35,38)/t20-/m1/s1. The molecule has 0 radical (unpaired) electrons. The van der Waals surface area contributed by atoms with Crippen LogP contribution in [0.2, 0.25) is 0 Å². The largest absolute Gasteiger partial charge is 0.483 e. The topological polar surface area (TPSA) is 85.6 Å². The number of carbonyl (C=O) groups excluding carboxylic acids is 1. The fraction of sp³-hybridized carbons (Fsp3) is 0.188. The van der Waals surface area contributed by atoms with Crippen LogP contribution in [0.5, 0.6) is 5.75 Å². The Morgan fingerprint density at radius 3 is 2.65 bits per heavy atom. The number of amides is 1. The molecule has 1 amide bonds. The molecule has 0 fully saturated rings. The fourth-order valence-corrected chi connectivity index (χ4v) is 4.83. The summed E-state index contributed by atoms with van der Waals surface area (Å²) >= 11 is 3.45. The van der Waals surface area contributed by atoms with Crippen molar-refractivity contribution in [1.82, 2.24) is 9.66 Å². The number of ether oxygens (including phenoxy) is 1. The lowest BCUT2D eigenvalue weighted by molar-refractivity contribution is -0.118. The number of benzene rings is 4. The summed E-state index contributed by atoms with van der Waals surface area (Å²) in [5, 5.41) is 9.90. The molecule has 1 atom stereocenters. The molecule has 40 heavy (non-hydrogen) atoms. The summed E-state index contributed by atoms with van der Waals surface area (Å²) in [4.78, 5) is 31.1. The van der Waals surface area contributed by atoms with E-state index >= 15 is 0 Å². The molecule has 4 aromatic carbocycles. The van der Waals surface area contributed by atoms with Crippen LogP contribution in [-0.4, -0.2) is 28.4 Å². The lowest BCUT2D eigenvalue weighted by Gasteiger charge is -2.15. The van der Waals surface area contributed by atoms with Gasteiger partial charge >= 0.3 is 0 Å². The van der Waals surface area contributed by atoms with E-state index in [0.717, 1.165) is 32.9 Å². The van der Waals surface area contributed by atoms with Gasteiger partial charge in [-0.3, -0.25) is 9.59 Å². The second-order valence-electron chi connectivity index (χ2n) is 9.65. The van der Waals surface area contributed by atoms with Crippen LogP contribution in [0.3, 0.4) is 0 Å². The SMILES string of the molecule is CC[C@@H](C)c1nc2ccc(Br)cc2c(=O)n1N=Cc1c(OCC(=O)Nc2ccccc2C)ccc2ccccc12. The van der Waals surface area contributed by atoms with Gasteiger partial charge in [0.1, 0.15) is 11.6 Å². The number of hydrogen-bond acceptors (Lipinski definition) is 5. The maximum Gasteiger partial charge on any atom is 0.282 e. The Labute approximate surface area is 240 Å². The van der Waals surface area contributed by atoms with Crippen LogP contribution in [0.4, 0.5) is 5.69 Å². The van der Waals surface area contributed by atoms with Crippen molar-refractivity contribution in [3.63, 3.8) is 0 Å². The lowest BCUT2D eigenvalue weighted by atomic mass is 10.0. The zero-order chi connectivity index (χ0) is 28.2. The molecule has 0 spiro atoms. The van der Waals surface area contributed by atoms with E-state index in [9.17, 15) is 9.59 Å². The number of aryl methyl sites for hydroxylation is 1. The first-order valence-electron chi connectivity index (χ1n) is 13.1. The van der Waals surface area contributed by atoms with Gasteiger partial charge in [-0.1, -0.05) is 78.3 Å². The molecule has 0 aliphatic rings. The van der Waals surface area contributed by atoms with E-state index in [-0.39, 0.29) is 24.0 Å². The maximum absolute atomic E-state index is 13.6. The fourth-order valence-electron chi connectivity index (χ4n) is 4.47. The van der Waals surface area contributed by atoms with Crippen LogP contribution in [0.1, 0.15) is 43.1 Å². The maximum atomic E-state index is 13.6. The van der Waals surface area contributed by atoms with Crippen molar-refractivity contribution < 1.29 is 9.53 Å². The van der Waals surface area contributed by atoms with Gasteiger partial charge in [0.2, 0.25) is 0 Å². The second-order valence-corrected chi connectivity index (χ2v) is 10.6. The number of halogens is 1. The van der Waals surface area contributed by atoms with Crippen molar-refractivity contribution in [3.8, 4) is 5.75 Å². The van der Waals surface area contributed by atoms with Gasteiger partial charge in [0, 0.05) is 21.6 Å². The normalized spacial score (nSPS) is 12.2. The highest BCUT2D eigenvalue weighted by Gasteiger charge is 2.17. The molecule has 1 N–H and O–H groups in total. The van der Waals surface area contributed by atoms with Crippen molar-refractivity contribution in [2.75, 3.05) is 11.9 Å². The zero-order valence-electron chi connectivity index (χ0n) is 22.5. The number of para-hydroxylation sites is 1. The zero-order valence-corrected chi connectivity index (χ0v) is 24.1. The molecule has 1 aromatic heterocycles. The number of rotatable bonds is 8. The van der Waals surface area contributed by atoms with Crippen molar-refractivity contribution >= 4 is 55.4 Å². The average molecular weight is 598 g/mol. The number of nitrogens with zero attached hydrogens (tertiary/aromatic N) is 3. The molecule has 0 bridgehead atoms. The van der Waals surface area contributed by atoms with E-state index < -0.39 is 0 Å². The van der Waals surface area contributed by atoms with E-state index in [1.165, 1.54) is 4.68 Å². The van der Waals surface area contributed by atoms with Crippen molar-refractivity contribution in [2.24, 2.45) is 5.10 Å². The summed E-state index contributed by atoms with van der Waals surface area (Å²) < 4.78 is 8.18. The van der Waals surface area contributed by atoms with Gasteiger partial charge < -0.3 is 10.1 Å². The molecule has 0 saturated heterocycles. The molecule has 1 heterocycles. The molecule has 8 heteroatoms. The molecular formula is C32H29BrN4O3. The first-order chi connectivity index (χ1) is 19.4. The van der Waals surface area contributed by atoms with E-state index in [0.29, 0.717) is 28.0 Å². The summed E-state index contributed by atoms with van der Waals surface area (Å²) in [5.74, 6) is 0.798. The monoisotopic (exact) mass is 596 g/mol. The minimum Gasteiger partial charge on any atom is -0.483 e. The Hall–Kier alpha value is -4.30. The molecule has 5 rings (SSSR count). The quantitative estimate of drug-likeness (QED) is 0.195. The molecule has 0 saturated carbocycles. The van der Waals surface area contributed by atoms with Crippen LogP contribution >= 0.6 is 15.9 Å². The molecule has 0 unspecified atom stereocenters. The van der Waals surface area contributed by atoms with Crippen molar-refractivity contribution in [1.29, 1.82) is 0 Å². The number of nitrogens with one attached hydrogen (secondary N) is 1. The minimum atomic E-state index is -0.273. The first kappa shape index (κ1) is 27.3. The Morgan fingerprint density at radius 1 is 1.07 bits per heavy atom. The van der Waals surface area contributed by atoms with Crippen LogP contribution in [0.15, 0.2) is 93.2 Å². The Balaban J connectivity index is 1.54. The van der Waals surface area contributed by atoms with Crippen LogP contribution in [0.25, 0.3) is 21.7 Å². The van der Waals surface area contributed by atoms with E-state index in [4.69, 9.17) is 9.72 Å². The third-order valence-electron chi connectivity index (χ3n) is 6.90. The van der Waals surface area contributed by atoms with E-state index in [1.54, 1.807) is 12.3 Å². The smallest absolute Gasteiger partial charge is 0.282 e. The summed E-state index contributed by atoms with van der Waals surface area (Å²) in [6.45, 7) is 5.83. The van der Waals surface area contributed by atoms with Gasteiger partial charge in [-0.05, 0) is 60.0 Å². The number of carbonyl (C=O) groups is 1. The van der Waals surface area contributed by atoms with Crippen LogP contribution < -0.4 is 15.6 Å². The van der Waals surface area contributed by atoms with Crippen LogP contribution in [0, 0.1) is 6.92 Å². The average Bonchev–Trinajstić information content (AvgIpc) is 2.96. The summed E-state index contributed by atoms with van der Waals surface area (Å²) in [5.41, 5.74) is 2.75. The highest BCUT2D eigenvalue weighted by atomic mass is 79.9. The predicted molar refractivity (Wildman–Crippen MR) is 165 cm³/mol. The first-order valence-corrected chi connectivity index (χ1v) is 13.9. The van der Waals surface area contributed by atoms with Crippen molar-refractivity contribution in [3.05, 3.63) is 111 Å². The number of aromatic nitrogens is 2. The summed E-state index contributed by atoms with van der Waals surface area (Å²) in [6.07, 6.45) is 2.41. The predicted octanol–water partition coefficient (Wildman–Crippen LogP) is 7.03. The third-order valence-corrected chi connectivity index (χ3v) is 7.39. The molecule has 5 aromatic rings. The van der Waals surface area contributed by atoms with Gasteiger partial charge in [0.05, 0.1) is 17.1 Å². The summed E-state index contributed by atoms with van der Waals surface area (Å²) in [7, 11) is 0. The van der Waals surface area contributed by atoms with E-state index in [1.807, 2.05) is 86.6 Å². The number of fused-ring (bicyclic) bond motifs is 2. The molecule has 0 aliphatic heterocycles. The summed E-state index contributed by atoms with van der Waals surface area (Å²) in [6, 6.07) is 24.6. The molecule has 202 valence electrons. The minimum absolute atomic E-state index is 0.00581. The van der Waals surface area contributed by atoms with Gasteiger partial charge in [-0.2, -0.15) is 9.78 Å². The molecule has 0 aliphatic carbocycles. The van der Waals surface area contributed by atoms with Gasteiger partial charge in [-0.25, -0.2) is 4.98 Å². The van der Waals surface area contributed by atoms with E-state index in [2.05, 4.69) is 33.3 Å². The Bertz CT molecular complexity index is 1810. The van der Waals surface area contributed by atoms with Gasteiger partial charge in [0.15, 0.2) is 6.61 Å². The van der Waals surface area contributed by atoms with Crippen molar-refractivity contribution in [2.45, 2.75) is 33.1 Å². The molecule has 7 nitrogen and oxygen atoms in total. The highest BCUT2D eigenvalue weighted by Crippen LogP contribution is 2.27. The van der Waals surface area contributed by atoms with Crippen LogP contribution in [-0.2, 0) is 4.79 Å². The Kier molecular flexibility index (Phi) is 8.07. The lowest BCUT2D eigenvalue weighted by Crippen LogP contribution is -2.24. The third kappa shape index (κ3) is 5.67. The molecular weight excluding hydrogens is 568 g/mol. The van der Waals surface area contributed by atoms with Gasteiger partial charge in [0.25, 0.3) is 11.5 Å². The number of anilines is 1. The van der Waals surface area contributed by atoms with Gasteiger partial charge in [-0.15, -0.1) is 0 Å². The number of hydrogen-bond donors (Lipinski definition) is 1. The highest BCUT2D eigenvalue weighted by molar-refractivity contribution is 9.10. The Morgan fingerprint density at radius 2 is 1.85 bits per heavy atom. The second kappa shape index (κ2) is 11.8.